The van der Waals surface area contributed by atoms with Crippen molar-refractivity contribution in [2.75, 3.05) is 18.2 Å². The molecule has 1 amide bonds. The average molecular weight is 466 g/mol. The molecular weight excluding hydrogens is 442 g/mol. The minimum atomic E-state index is -0.277. The minimum Gasteiger partial charge on any atom is -0.496 e. The lowest BCUT2D eigenvalue weighted by Gasteiger charge is -2.07. The highest BCUT2D eigenvalue weighted by atomic mass is 32.2. The second-order valence-electron chi connectivity index (χ2n) is 7.16. The topological polar surface area (TPSA) is 104 Å². The molecule has 0 radical (unpaired) electrons. The van der Waals surface area contributed by atoms with Crippen molar-refractivity contribution >= 4 is 23.4 Å². The Morgan fingerprint density at radius 3 is 2.61 bits per heavy atom. The molecular formula is C23H23N5O4S. The predicted molar refractivity (Wildman–Crippen MR) is 126 cm³/mol. The van der Waals surface area contributed by atoms with Crippen LogP contribution in [-0.2, 0) is 11.8 Å². The van der Waals surface area contributed by atoms with Crippen LogP contribution in [0.15, 0.2) is 69.0 Å². The summed E-state index contributed by atoms with van der Waals surface area (Å²) < 4.78 is 14.3. The Hall–Kier alpha value is -3.79. The van der Waals surface area contributed by atoms with Gasteiger partial charge in [-0.2, -0.15) is 0 Å². The minimum absolute atomic E-state index is 0.177. The Morgan fingerprint density at radius 2 is 1.85 bits per heavy atom. The summed E-state index contributed by atoms with van der Waals surface area (Å²) in [5.74, 6) is 1.13. The number of ether oxygens (including phenoxy) is 1. The maximum absolute atomic E-state index is 12.9. The normalized spacial score (nSPS) is 10.9. The molecule has 9 nitrogen and oxygen atoms in total. The van der Waals surface area contributed by atoms with Gasteiger partial charge in [0.2, 0.25) is 5.91 Å². The molecule has 2 heterocycles. The molecule has 10 heteroatoms. The van der Waals surface area contributed by atoms with E-state index in [1.165, 1.54) is 16.4 Å². The molecule has 4 rings (SSSR count). The molecule has 0 unspecified atom stereocenters. The van der Waals surface area contributed by atoms with E-state index in [9.17, 15) is 9.59 Å². The molecule has 0 saturated carbocycles. The van der Waals surface area contributed by atoms with Crippen molar-refractivity contribution < 1.29 is 13.9 Å². The Morgan fingerprint density at radius 1 is 1.12 bits per heavy atom. The van der Waals surface area contributed by atoms with Crippen LogP contribution >= 0.6 is 11.8 Å². The number of hydrogen-bond acceptors (Lipinski definition) is 7. The molecule has 0 aliphatic rings. The molecule has 2 aromatic heterocycles. The zero-order valence-electron chi connectivity index (χ0n) is 18.4. The van der Waals surface area contributed by atoms with Crippen molar-refractivity contribution in [1.29, 1.82) is 0 Å². The van der Waals surface area contributed by atoms with Crippen LogP contribution in [0.4, 0.5) is 5.69 Å². The van der Waals surface area contributed by atoms with Gasteiger partial charge in [0.05, 0.1) is 24.1 Å². The van der Waals surface area contributed by atoms with E-state index in [2.05, 4.69) is 15.5 Å². The van der Waals surface area contributed by atoms with Gasteiger partial charge in [-0.1, -0.05) is 42.1 Å². The van der Waals surface area contributed by atoms with E-state index in [4.69, 9.17) is 9.15 Å². The van der Waals surface area contributed by atoms with Gasteiger partial charge in [0.25, 0.3) is 16.7 Å². The van der Waals surface area contributed by atoms with E-state index in [0.29, 0.717) is 33.9 Å². The maximum Gasteiger partial charge on any atom is 0.295 e. The third-order valence-electron chi connectivity index (χ3n) is 5.12. The third kappa shape index (κ3) is 4.70. The lowest BCUT2D eigenvalue weighted by atomic mass is 10.2. The summed E-state index contributed by atoms with van der Waals surface area (Å²) in [6.07, 6.45) is 0.177. The number of rotatable bonds is 8. The van der Waals surface area contributed by atoms with Crippen molar-refractivity contribution in [3.63, 3.8) is 0 Å². The molecule has 0 bridgehead atoms. The van der Waals surface area contributed by atoms with Crippen LogP contribution in [0.5, 0.6) is 5.75 Å². The summed E-state index contributed by atoms with van der Waals surface area (Å²) in [4.78, 5) is 25.4. The molecule has 0 fully saturated rings. The number of carbonyl (C=O) groups is 1. The number of nitrogens with one attached hydrogen (secondary N) is 1. The molecule has 0 saturated heterocycles. The molecule has 0 spiro atoms. The SMILES string of the molecule is COc1ccccc1-c1nnc(SCCC(=O)Nc2c(C)n(C)n(-c3ccccc3)c2=O)o1. The van der Waals surface area contributed by atoms with Gasteiger partial charge >= 0.3 is 0 Å². The van der Waals surface area contributed by atoms with Gasteiger partial charge in [0.15, 0.2) is 0 Å². The number of methoxy groups -OCH3 is 1. The van der Waals surface area contributed by atoms with Crippen LogP contribution in [0.25, 0.3) is 17.1 Å². The molecule has 0 aliphatic heterocycles. The van der Waals surface area contributed by atoms with Crippen molar-refractivity contribution in [3.05, 3.63) is 70.6 Å². The second-order valence-corrected chi connectivity index (χ2v) is 8.20. The number of hydrogen-bond donors (Lipinski definition) is 1. The number of para-hydroxylation sites is 2. The van der Waals surface area contributed by atoms with Crippen LogP contribution < -0.4 is 15.6 Å². The first-order valence-electron chi connectivity index (χ1n) is 10.2. The summed E-state index contributed by atoms with van der Waals surface area (Å²) >= 11 is 1.27. The predicted octanol–water partition coefficient (Wildman–Crippen LogP) is 3.66. The summed E-state index contributed by atoms with van der Waals surface area (Å²) in [6, 6.07) is 16.6. The first-order valence-corrected chi connectivity index (χ1v) is 11.2. The van der Waals surface area contributed by atoms with Crippen LogP contribution in [0.1, 0.15) is 12.1 Å². The highest BCUT2D eigenvalue weighted by Crippen LogP contribution is 2.30. The number of anilines is 1. The number of aromatic nitrogens is 4. The Bertz CT molecular complexity index is 1330. The van der Waals surface area contributed by atoms with E-state index in [-0.39, 0.29) is 23.6 Å². The van der Waals surface area contributed by atoms with Crippen LogP contribution in [-0.4, -0.2) is 38.3 Å². The quantitative estimate of drug-likeness (QED) is 0.396. The lowest BCUT2D eigenvalue weighted by Crippen LogP contribution is -2.23. The van der Waals surface area contributed by atoms with Crippen molar-refractivity contribution in [1.82, 2.24) is 19.6 Å². The fourth-order valence-electron chi connectivity index (χ4n) is 3.34. The molecule has 33 heavy (non-hydrogen) atoms. The van der Waals surface area contributed by atoms with Gasteiger partial charge in [0.1, 0.15) is 11.4 Å². The largest absolute Gasteiger partial charge is 0.496 e. The highest BCUT2D eigenvalue weighted by Gasteiger charge is 2.18. The molecule has 4 aromatic rings. The zero-order valence-corrected chi connectivity index (χ0v) is 19.3. The third-order valence-corrected chi connectivity index (χ3v) is 5.94. The highest BCUT2D eigenvalue weighted by molar-refractivity contribution is 7.99. The summed E-state index contributed by atoms with van der Waals surface area (Å²) in [7, 11) is 3.36. The number of benzene rings is 2. The molecule has 2 aromatic carbocycles. The first-order chi connectivity index (χ1) is 16.0. The lowest BCUT2D eigenvalue weighted by molar-refractivity contribution is -0.115. The molecule has 0 aliphatic carbocycles. The summed E-state index contributed by atoms with van der Waals surface area (Å²) in [5, 5.41) is 11.2. The monoisotopic (exact) mass is 465 g/mol. The van der Waals surface area contributed by atoms with Gasteiger partial charge in [-0.3, -0.25) is 14.3 Å². The molecule has 1 N–H and O–H groups in total. The number of thioether (sulfide) groups is 1. The van der Waals surface area contributed by atoms with E-state index >= 15 is 0 Å². The standard InChI is InChI=1S/C23H23N5O4S/c1-15-20(22(30)28(27(15)2)16-9-5-4-6-10-16)24-19(29)13-14-33-23-26-25-21(32-23)17-11-7-8-12-18(17)31-3/h4-12H,13-14H2,1-3H3,(H,24,29). The first kappa shape index (κ1) is 22.4. The van der Waals surface area contributed by atoms with Crippen molar-refractivity contribution in [3.8, 4) is 22.9 Å². The molecule has 0 atom stereocenters. The number of carbonyl (C=O) groups excluding carboxylic acids is 1. The fraction of sp³-hybridized carbons (Fsp3) is 0.217. The van der Waals surface area contributed by atoms with E-state index in [1.54, 1.807) is 25.8 Å². The smallest absolute Gasteiger partial charge is 0.295 e. The van der Waals surface area contributed by atoms with E-state index in [1.807, 2.05) is 54.6 Å². The average Bonchev–Trinajstić information content (AvgIpc) is 3.38. The molecule has 170 valence electrons. The van der Waals surface area contributed by atoms with Crippen molar-refractivity contribution in [2.45, 2.75) is 18.6 Å². The number of amides is 1. The van der Waals surface area contributed by atoms with E-state index < -0.39 is 0 Å². The van der Waals surface area contributed by atoms with Gasteiger partial charge < -0.3 is 14.5 Å². The van der Waals surface area contributed by atoms with Gasteiger partial charge in [0, 0.05) is 19.2 Å². The fourth-order valence-corrected chi connectivity index (χ4v) is 4.04. The number of nitrogens with zero attached hydrogens (tertiary/aromatic N) is 4. The maximum atomic E-state index is 12.9. The van der Waals surface area contributed by atoms with Crippen LogP contribution in [0.3, 0.4) is 0 Å². The van der Waals surface area contributed by atoms with Gasteiger partial charge in [-0.15, -0.1) is 10.2 Å². The summed E-state index contributed by atoms with van der Waals surface area (Å²) in [6.45, 7) is 1.79. The van der Waals surface area contributed by atoms with Gasteiger partial charge in [-0.05, 0) is 31.2 Å². The van der Waals surface area contributed by atoms with Crippen LogP contribution in [0.2, 0.25) is 0 Å². The second kappa shape index (κ2) is 9.78. The van der Waals surface area contributed by atoms with E-state index in [0.717, 1.165) is 5.69 Å². The summed E-state index contributed by atoms with van der Waals surface area (Å²) in [5.41, 5.74) is 2.09. The van der Waals surface area contributed by atoms with Crippen molar-refractivity contribution in [2.24, 2.45) is 7.05 Å². The Kier molecular flexibility index (Phi) is 6.64. The Labute approximate surface area is 194 Å². The van der Waals surface area contributed by atoms with Gasteiger partial charge in [-0.25, -0.2) is 4.68 Å². The zero-order chi connectivity index (χ0) is 23.4. The van der Waals surface area contributed by atoms with Crippen LogP contribution in [0, 0.1) is 6.92 Å². The Balaban J connectivity index is 1.38.